The van der Waals surface area contributed by atoms with Crippen LogP contribution in [0.25, 0.3) is 0 Å². The first kappa shape index (κ1) is 76.6. The molecule has 1 unspecified atom stereocenters. The lowest BCUT2D eigenvalue weighted by Gasteiger charge is -2.18. The van der Waals surface area contributed by atoms with E-state index >= 15 is 0 Å². The van der Waals surface area contributed by atoms with Crippen molar-refractivity contribution in [2.24, 2.45) is 0 Å². The molecule has 0 amide bonds. The lowest BCUT2D eigenvalue weighted by molar-refractivity contribution is -0.167. The van der Waals surface area contributed by atoms with Gasteiger partial charge in [0.15, 0.2) is 6.10 Å². The van der Waals surface area contributed by atoms with Gasteiger partial charge < -0.3 is 14.2 Å². The molecule has 0 spiro atoms. The van der Waals surface area contributed by atoms with Gasteiger partial charge in [0.05, 0.1) is 0 Å². The highest BCUT2D eigenvalue weighted by molar-refractivity contribution is 5.71. The number of unbranched alkanes of at least 4 members (excludes halogenated alkanes) is 38. The molecule has 0 radical (unpaired) electrons. The van der Waals surface area contributed by atoms with Crippen LogP contribution < -0.4 is 0 Å². The molecule has 0 saturated carbocycles. The van der Waals surface area contributed by atoms with Crippen molar-refractivity contribution in [3.63, 3.8) is 0 Å². The summed E-state index contributed by atoms with van der Waals surface area (Å²) >= 11 is 0. The molecule has 0 N–H and O–H groups in total. The van der Waals surface area contributed by atoms with Crippen molar-refractivity contribution in [2.45, 2.75) is 354 Å². The SMILES string of the molecule is CC/C=C\C/C=C\C/C=C\C/C=C\C/C=C\C/C=C\CCCCCCC(=O)OC(COC(=O)CCCCCCC/C=C\CCCCC)COC(=O)CCCCCCCCCCCCCCCCCCCCCCCCCCCCC. The quantitative estimate of drug-likeness (QED) is 0.0261. The molecule has 80 heavy (non-hydrogen) atoms. The minimum Gasteiger partial charge on any atom is -0.462 e. The van der Waals surface area contributed by atoms with Gasteiger partial charge >= 0.3 is 17.9 Å². The van der Waals surface area contributed by atoms with Crippen LogP contribution in [0.3, 0.4) is 0 Å². The summed E-state index contributed by atoms with van der Waals surface area (Å²) < 4.78 is 16.9. The largest absolute Gasteiger partial charge is 0.462 e. The third-order valence-corrected chi connectivity index (χ3v) is 15.1. The van der Waals surface area contributed by atoms with E-state index in [1.165, 1.54) is 193 Å². The Morgan fingerprint density at radius 1 is 0.263 bits per heavy atom. The highest BCUT2D eigenvalue weighted by Gasteiger charge is 2.19. The monoisotopic (exact) mass is 1110 g/mol. The first-order valence-corrected chi connectivity index (χ1v) is 34.6. The zero-order valence-corrected chi connectivity index (χ0v) is 53.1. The number of carbonyl (C=O) groups excluding carboxylic acids is 3. The van der Waals surface area contributed by atoms with Crippen molar-refractivity contribution in [2.75, 3.05) is 13.2 Å². The summed E-state index contributed by atoms with van der Waals surface area (Å²) in [5, 5.41) is 0. The second-order valence-electron chi connectivity index (χ2n) is 23.1. The molecule has 0 bridgehead atoms. The number of rotatable bonds is 63. The van der Waals surface area contributed by atoms with E-state index in [2.05, 4.69) is 106 Å². The number of hydrogen-bond acceptors (Lipinski definition) is 6. The van der Waals surface area contributed by atoms with Gasteiger partial charge in [0, 0.05) is 19.3 Å². The fraction of sp³-hybridized carbons (Fsp3) is 0.770. The smallest absolute Gasteiger partial charge is 0.306 e. The molecule has 0 rings (SSSR count). The van der Waals surface area contributed by atoms with E-state index in [1.54, 1.807) is 0 Å². The molecule has 0 aliphatic heterocycles. The molecule has 1 atom stereocenters. The van der Waals surface area contributed by atoms with Crippen molar-refractivity contribution in [3.8, 4) is 0 Å². The van der Waals surface area contributed by atoms with Crippen molar-refractivity contribution < 1.29 is 28.6 Å². The Morgan fingerprint density at radius 2 is 0.487 bits per heavy atom. The molecule has 0 aliphatic carbocycles. The zero-order chi connectivity index (χ0) is 57.8. The lowest BCUT2D eigenvalue weighted by atomic mass is 10.0. The van der Waals surface area contributed by atoms with E-state index in [1.807, 2.05) is 0 Å². The van der Waals surface area contributed by atoms with Crippen molar-refractivity contribution >= 4 is 17.9 Å². The van der Waals surface area contributed by atoms with Gasteiger partial charge in [0.25, 0.3) is 0 Å². The number of ether oxygens (including phenoxy) is 3. The second-order valence-corrected chi connectivity index (χ2v) is 23.1. The number of esters is 3. The van der Waals surface area contributed by atoms with Crippen LogP contribution in [0.4, 0.5) is 0 Å². The van der Waals surface area contributed by atoms with Gasteiger partial charge in [-0.1, -0.05) is 318 Å². The van der Waals surface area contributed by atoms with Gasteiger partial charge in [-0.15, -0.1) is 0 Å². The Bertz CT molecular complexity index is 1520. The first-order chi connectivity index (χ1) is 39.5. The van der Waals surface area contributed by atoms with Crippen LogP contribution in [0, 0.1) is 0 Å². The lowest BCUT2D eigenvalue weighted by Crippen LogP contribution is -2.30. The van der Waals surface area contributed by atoms with E-state index in [9.17, 15) is 14.4 Å². The number of carbonyl (C=O) groups is 3. The van der Waals surface area contributed by atoms with Crippen molar-refractivity contribution in [1.29, 1.82) is 0 Å². The molecule has 0 aromatic heterocycles. The molecule has 462 valence electrons. The fourth-order valence-corrected chi connectivity index (χ4v) is 9.97. The maximum absolute atomic E-state index is 12.9. The normalized spacial score (nSPS) is 12.6. The van der Waals surface area contributed by atoms with Gasteiger partial charge in [0.1, 0.15) is 13.2 Å². The van der Waals surface area contributed by atoms with Crippen LogP contribution >= 0.6 is 0 Å². The first-order valence-electron chi connectivity index (χ1n) is 34.6. The average Bonchev–Trinajstić information content (AvgIpc) is 3.46. The van der Waals surface area contributed by atoms with Crippen LogP contribution in [-0.4, -0.2) is 37.2 Å². The van der Waals surface area contributed by atoms with E-state index < -0.39 is 6.10 Å². The predicted molar refractivity (Wildman–Crippen MR) is 348 cm³/mol. The summed E-state index contributed by atoms with van der Waals surface area (Å²) in [6, 6.07) is 0. The van der Waals surface area contributed by atoms with Gasteiger partial charge in [-0.2, -0.15) is 0 Å². The zero-order valence-electron chi connectivity index (χ0n) is 53.1. The topological polar surface area (TPSA) is 78.9 Å². The summed E-state index contributed by atoms with van der Waals surface area (Å²) in [4.78, 5) is 38.4. The second kappa shape index (κ2) is 68.1. The molecule has 0 fully saturated rings. The van der Waals surface area contributed by atoms with E-state index in [-0.39, 0.29) is 31.1 Å². The van der Waals surface area contributed by atoms with Gasteiger partial charge in [-0.25, -0.2) is 0 Å². The van der Waals surface area contributed by atoms with Gasteiger partial charge in [0.2, 0.25) is 0 Å². The molecule has 6 heteroatoms. The highest BCUT2D eigenvalue weighted by Crippen LogP contribution is 2.18. The summed E-state index contributed by atoms with van der Waals surface area (Å²) in [5.41, 5.74) is 0. The van der Waals surface area contributed by atoms with Crippen LogP contribution in [-0.2, 0) is 28.6 Å². The average molecular weight is 1120 g/mol. The van der Waals surface area contributed by atoms with Gasteiger partial charge in [-0.3, -0.25) is 14.4 Å². The van der Waals surface area contributed by atoms with E-state index in [0.29, 0.717) is 19.3 Å². The summed E-state index contributed by atoms with van der Waals surface area (Å²) in [6.07, 6.45) is 90.4. The summed E-state index contributed by atoms with van der Waals surface area (Å²) in [6.45, 7) is 6.52. The van der Waals surface area contributed by atoms with Crippen LogP contribution in [0.5, 0.6) is 0 Å². The van der Waals surface area contributed by atoms with Crippen LogP contribution in [0.1, 0.15) is 348 Å². The Balaban J connectivity index is 4.28. The molecule has 0 heterocycles. The summed E-state index contributed by atoms with van der Waals surface area (Å²) in [7, 11) is 0. The predicted octanol–water partition coefficient (Wildman–Crippen LogP) is 23.8. The van der Waals surface area contributed by atoms with Crippen molar-refractivity contribution in [1.82, 2.24) is 0 Å². The van der Waals surface area contributed by atoms with Crippen LogP contribution in [0.15, 0.2) is 85.1 Å². The maximum atomic E-state index is 12.9. The van der Waals surface area contributed by atoms with E-state index in [4.69, 9.17) is 14.2 Å². The Labute approximate surface area is 496 Å². The molecule has 0 aliphatic rings. The Kier molecular flexibility index (Phi) is 65.2. The Hall–Kier alpha value is -3.41. The number of hydrogen-bond donors (Lipinski definition) is 0. The van der Waals surface area contributed by atoms with Gasteiger partial charge in [-0.05, 0) is 96.3 Å². The van der Waals surface area contributed by atoms with Crippen molar-refractivity contribution in [3.05, 3.63) is 85.1 Å². The molecular weight excluding hydrogens is 985 g/mol. The summed E-state index contributed by atoms with van der Waals surface area (Å²) in [5.74, 6) is -0.906. The molecule has 0 saturated heterocycles. The third kappa shape index (κ3) is 65.4. The molecule has 0 aromatic rings. The maximum Gasteiger partial charge on any atom is 0.306 e. The molecular formula is C74H130O6. The third-order valence-electron chi connectivity index (χ3n) is 15.1. The standard InChI is InChI=1S/C74H130O6/c1-4-7-10-13-16-19-22-25-27-29-31-33-35-36-37-38-40-41-43-45-47-49-52-55-58-61-64-67-73(76)79-70-71(69-78-72(75)66-63-60-57-54-51-24-21-18-15-12-9-6-3)80-74(77)68-65-62-59-56-53-50-48-46-44-42-39-34-32-30-28-26-23-20-17-14-11-8-5-2/h8,11,17-18,20-21,26,28,32,34,42,44,48,50,71H,4-7,9-10,12-16,19,22-25,27,29-31,33,35-41,43,45-47,49,51-70H2,1-3H3/b11-8-,20-17-,21-18-,28-26-,34-32-,44-42-,50-48-. The molecule has 0 aromatic carbocycles. The minimum absolute atomic E-state index is 0.0869. The highest BCUT2D eigenvalue weighted by atomic mass is 16.6. The number of allylic oxidation sites excluding steroid dienone is 14. The van der Waals surface area contributed by atoms with Crippen LogP contribution in [0.2, 0.25) is 0 Å². The minimum atomic E-state index is -0.794. The fourth-order valence-electron chi connectivity index (χ4n) is 9.97. The Morgan fingerprint density at radius 3 is 0.800 bits per heavy atom. The van der Waals surface area contributed by atoms with E-state index in [0.717, 1.165) is 116 Å². The molecule has 6 nitrogen and oxygen atoms in total.